The third-order valence-electron chi connectivity index (χ3n) is 1.97. The fourth-order valence-electron chi connectivity index (χ4n) is 1.35. The summed E-state index contributed by atoms with van der Waals surface area (Å²) in [6.07, 6.45) is 1.80. The normalized spacial score (nSPS) is 14.0. The first-order valence-electron chi connectivity index (χ1n) is 3.99. The fraction of sp³-hybridized carbons (Fsp3) is 0.111. The van der Waals surface area contributed by atoms with Crippen LogP contribution in [-0.2, 0) is 0 Å². The van der Waals surface area contributed by atoms with Crippen molar-refractivity contribution >= 4 is 17.9 Å². The van der Waals surface area contributed by atoms with Gasteiger partial charge >= 0.3 is 0 Å². The van der Waals surface area contributed by atoms with E-state index in [0.29, 0.717) is 6.67 Å². The van der Waals surface area contributed by atoms with Crippen LogP contribution in [0, 0.1) is 5.41 Å². The van der Waals surface area contributed by atoms with Crippen molar-refractivity contribution in [3.63, 3.8) is 0 Å². The maximum Gasteiger partial charge on any atom is 0.194 e. The Morgan fingerprint density at radius 3 is 3.00 bits per heavy atom. The van der Waals surface area contributed by atoms with Gasteiger partial charge in [0.15, 0.2) is 5.96 Å². The second kappa shape index (κ2) is 2.90. The summed E-state index contributed by atoms with van der Waals surface area (Å²) in [5.41, 5.74) is 7.37. The molecular formula is C9H10N4. The first kappa shape index (κ1) is 7.79. The van der Waals surface area contributed by atoms with Crippen molar-refractivity contribution in [2.45, 2.75) is 0 Å². The van der Waals surface area contributed by atoms with E-state index in [9.17, 15) is 0 Å². The van der Waals surface area contributed by atoms with Gasteiger partial charge in [-0.1, -0.05) is 18.2 Å². The smallest absolute Gasteiger partial charge is 0.194 e. The standard InChI is InChI=1S/C9H10N4/c10-9(11)13-6-12-5-7-3-1-2-4-8(7)13/h1-5H,6H2,(H3,10,11). The molecule has 0 spiro atoms. The summed E-state index contributed by atoms with van der Waals surface area (Å²) in [7, 11) is 0. The van der Waals surface area contributed by atoms with Crippen LogP contribution in [0.2, 0.25) is 0 Å². The predicted molar refractivity (Wildman–Crippen MR) is 53.3 cm³/mol. The van der Waals surface area contributed by atoms with Gasteiger partial charge in [-0.2, -0.15) is 0 Å². The number of benzene rings is 1. The summed E-state index contributed by atoms with van der Waals surface area (Å²) in [5, 5.41) is 7.35. The van der Waals surface area contributed by atoms with Crippen LogP contribution in [0.5, 0.6) is 0 Å². The van der Waals surface area contributed by atoms with Crippen molar-refractivity contribution in [1.82, 2.24) is 0 Å². The Morgan fingerprint density at radius 2 is 2.23 bits per heavy atom. The Bertz CT molecular complexity index is 370. The third kappa shape index (κ3) is 1.26. The zero-order valence-electron chi connectivity index (χ0n) is 7.07. The van der Waals surface area contributed by atoms with Gasteiger partial charge < -0.3 is 5.73 Å². The van der Waals surface area contributed by atoms with Crippen LogP contribution in [0.25, 0.3) is 0 Å². The van der Waals surface area contributed by atoms with Gasteiger partial charge in [0.2, 0.25) is 0 Å². The van der Waals surface area contributed by atoms with Gasteiger partial charge in [-0.15, -0.1) is 0 Å². The molecule has 1 aromatic carbocycles. The predicted octanol–water partition coefficient (Wildman–Crippen LogP) is 0.776. The minimum atomic E-state index is 0.0318. The zero-order valence-corrected chi connectivity index (χ0v) is 7.07. The topological polar surface area (TPSA) is 65.5 Å². The molecule has 0 atom stereocenters. The van der Waals surface area contributed by atoms with Crippen LogP contribution < -0.4 is 10.6 Å². The molecule has 0 bridgehead atoms. The molecule has 4 nitrogen and oxygen atoms in total. The molecule has 1 aliphatic rings. The van der Waals surface area contributed by atoms with Crippen molar-refractivity contribution in [2.24, 2.45) is 10.7 Å². The number of nitrogens with one attached hydrogen (secondary N) is 1. The molecule has 0 radical (unpaired) electrons. The highest BCUT2D eigenvalue weighted by molar-refractivity contribution is 6.00. The molecule has 0 aliphatic carbocycles. The van der Waals surface area contributed by atoms with E-state index in [1.165, 1.54) is 0 Å². The van der Waals surface area contributed by atoms with Crippen LogP contribution in [0.3, 0.4) is 0 Å². The molecule has 2 rings (SSSR count). The quantitative estimate of drug-likeness (QED) is 0.451. The second-order valence-corrected chi connectivity index (χ2v) is 2.83. The number of hydrogen-bond donors (Lipinski definition) is 2. The number of aliphatic imine (C=N–C) groups is 1. The van der Waals surface area contributed by atoms with Crippen molar-refractivity contribution in [2.75, 3.05) is 11.6 Å². The highest BCUT2D eigenvalue weighted by Gasteiger charge is 2.14. The third-order valence-corrected chi connectivity index (χ3v) is 1.97. The van der Waals surface area contributed by atoms with Gasteiger partial charge in [0.25, 0.3) is 0 Å². The Morgan fingerprint density at radius 1 is 1.46 bits per heavy atom. The van der Waals surface area contributed by atoms with Crippen molar-refractivity contribution < 1.29 is 0 Å². The van der Waals surface area contributed by atoms with E-state index in [2.05, 4.69) is 4.99 Å². The molecule has 0 amide bonds. The Balaban J connectivity index is 2.49. The van der Waals surface area contributed by atoms with E-state index in [4.69, 9.17) is 11.1 Å². The SMILES string of the molecule is N=C(N)N1CN=Cc2ccccc21. The minimum absolute atomic E-state index is 0.0318. The van der Waals surface area contributed by atoms with Gasteiger partial charge in [-0.25, -0.2) is 0 Å². The number of nitrogens with zero attached hydrogens (tertiary/aromatic N) is 2. The van der Waals surface area contributed by atoms with Crippen molar-refractivity contribution in [3.05, 3.63) is 29.8 Å². The lowest BCUT2D eigenvalue weighted by atomic mass is 10.1. The molecule has 0 fully saturated rings. The lowest BCUT2D eigenvalue weighted by Gasteiger charge is -2.25. The average molecular weight is 174 g/mol. The molecule has 0 saturated carbocycles. The van der Waals surface area contributed by atoms with Gasteiger partial charge in [0, 0.05) is 11.8 Å². The number of para-hydroxylation sites is 1. The molecule has 0 unspecified atom stereocenters. The van der Waals surface area contributed by atoms with E-state index in [1.54, 1.807) is 11.1 Å². The molecule has 0 aromatic heterocycles. The Labute approximate surface area is 76.2 Å². The molecule has 4 heteroatoms. The number of guanidine groups is 1. The number of rotatable bonds is 0. The monoisotopic (exact) mass is 174 g/mol. The summed E-state index contributed by atoms with van der Waals surface area (Å²) in [4.78, 5) is 5.76. The molecule has 1 aliphatic heterocycles. The maximum atomic E-state index is 7.35. The molecule has 13 heavy (non-hydrogen) atoms. The van der Waals surface area contributed by atoms with Gasteiger partial charge in [0.05, 0.1) is 5.69 Å². The van der Waals surface area contributed by atoms with Crippen LogP contribution in [-0.4, -0.2) is 18.8 Å². The van der Waals surface area contributed by atoms with Gasteiger partial charge in [-0.3, -0.25) is 15.3 Å². The van der Waals surface area contributed by atoms with E-state index in [-0.39, 0.29) is 5.96 Å². The number of hydrogen-bond acceptors (Lipinski definition) is 2. The highest BCUT2D eigenvalue weighted by Crippen LogP contribution is 2.20. The van der Waals surface area contributed by atoms with Crippen molar-refractivity contribution in [1.29, 1.82) is 5.41 Å². The molecule has 66 valence electrons. The van der Waals surface area contributed by atoms with E-state index < -0.39 is 0 Å². The van der Waals surface area contributed by atoms with Crippen LogP contribution in [0.15, 0.2) is 29.3 Å². The van der Waals surface area contributed by atoms with Gasteiger partial charge in [-0.05, 0) is 6.07 Å². The lowest BCUT2D eigenvalue weighted by Crippen LogP contribution is -2.38. The van der Waals surface area contributed by atoms with E-state index >= 15 is 0 Å². The summed E-state index contributed by atoms with van der Waals surface area (Å²) >= 11 is 0. The summed E-state index contributed by atoms with van der Waals surface area (Å²) in [6, 6.07) is 7.75. The van der Waals surface area contributed by atoms with E-state index in [0.717, 1.165) is 11.3 Å². The molecule has 1 heterocycles. The number of fused-ring (bicyclic) bond motifs is 1. The highest BCUT2D eigenvalue weighted by atomic mass is 15.3. The minimum Gasteiger partial charge on any atom is -0.370 e. The lowest BCUT2D eigenvalue weighted by molar-refractivity contribution is 0.980. The number of nitrogens with two attached hydrogens (primary N) is 1. The second-order valence-electron chi connectivity index (χ2n) is 2.83. The first-order chi connectivity index (χ1) is 6.29. The van der Waals surface area contributed by atoms with Crippen molar-refractivity contribution in [3.8, 4) is 0 Å². The first-order valence-corrected chi connectivity index (χ1v) is 3.99. The average Bonchev–Trinajstić information content (AvgIpc) is 2.17. The largest absolute Gasteiger partial charge is 0.370 e. The molecular weight excluding hydrogens is 164 g/mol. The molecule has 1 aromatic rings. The summed E-state index contributed by atoms with van der Waals surface area (Å²) in [5.74, 6) is 0.0318. The van der Waals surface area contributed by atoms with E-state index in [1.807, 2.05) is 24.3 Å². The summed E-state index contributed by atoms with van der Waals surface area (Å²) < 4.78 is 0. The number of anilines is 1. The van der Waals surface area contributed by atoms with Crippen LogP contribution in [0.1, 0.15) is 5.56 Å². The zero-order chi connectivity index (χ0) is 9.26. The Kier molecular flexibility index (Phi) is 1.73. The molecule has 3 N–H and O–H groups in total. The van der Waals surface area contributed by atoms with Crippen LogP contribution in [0.4, 0.5) is 5.69 Å². The van der Waals surface area contributed by atoms with Crippen LogP contribution >= 0.6 is 0 Å². The van der Waals surface area contributed by atoms with Gasteiger partial charge in [0.1, 0.15) is 6.67 Å². The molecule has 0 saturated heterocycles. The fourth-order valence-corrected chi connectivity index (χ4v) is 1.35. The summed E-state index contributed by atoms with van der Waals surface area (Å²) in [6.45, 7) is 0.437. The maximum absolute atomic E-state index is 7.35. The Hall–Kier alpha value is -1.84.